The summed E-state index contributed by atoms with van der Waals surface area (Å²) < 4.78 is 11.3. The zero-order valence-corrected chi connectivity index (χ0v) is 10.5. The van der Waals surface area contributed by atoms with Crippen molar-refractivity contribution < 1.29 is 14.3 Å². The number of para-hydroxylation sites is 1. The second kappa shape index (κ2) is 5.11. The van der Waals surface area contributed by atoms with E-state index in [0.717, 1.165) is 43.4 Å². The third-order valence-corrected chi connectivity index (χ3v) is 3.67. The number of aryl methyl sites for hydroxylation is 1. The van der Waals surface area contributed by atoms with E-state index in [-0.39, 0.29) is 11.9 Å². The van der Waals surface area contributed by atoms with Crippen molar-refractivity contribution in [1.29, 1.82) is 0 Å². The zero-order valence-electron chi connectivity index (χ0n) is 10.5. The van der Waals surface area contributed by atoms with Crippen molar-refractivity contribution in [2.75, 3.05) is 13.2 Å². The molecule has 1 aromatic carbocycles. The molecular formula is C15H18O3. The minimum Gasteiger partial charge on any atom is -0.493 e. The highest BCUT2D eigenvalue weighted by Crippen LogP contribution is 2.31. The minimum absolute atomic E-state index is 0.0912. The highest BCUT2D eigenvalue weighted by Gasteiger charge is 2.27. The molecule has 2 heterocycles. The van der Waals surface area contributed by atoms with E-state index in [1.54, 1.807) is 0 Å². The van der Waals surface area contributed by atoms with Crippen LogP contribution in [0.25, 0.3) is 0 Å². The van der Waals surface area contributed by atoms with Crippen LogP contribution in [0.15, 0.2) is 18.2 Å². The lowest BCUT2D eigenvalue weighted by atomic mass is 9.95. The first-order valence-corrected chi connectivity index (χ1v) is 6.77. The lowest BCUT2D eigenvalue weighted by Gasteiger charge is -2.24. The van der Waals surface area contributed by atoms with Crippen molar-refractivity contribution in [1.82, 2.24) is 0 Å². The highest BCUT2D eigenvalue weighted by atomic mass is 16.5. The molecule has 0 spiro atoms. The molecule has 0 amide bonds. The summed E-state index contributed by atoms with van der Waals surface area (Å²) >= 11 is 0. The van der Waals surface area contributed by atoms with Crippen LogP contribution in [0.5, 0.6) is 5.75 Å². The van der Waals surface area contributed by atoms with E-state index in [4.69, 9.17) is 9.47 Å². The maximum Gasteiger partial charge on any atom is 0.195 e. The highest BCUT2D eigenvalue weighted by molar-refractivity contribution is 6.02. The van der Waals surface area contributed by atoms with Gasteiger partial charge >= 0.3 is 0 Å². The fraction of sp³-hybridized carbons (Fsp3) is 0.533. The van der Waals surface area contributed by atoms with Gasteiger partial charge < -0.3 is 9.47 Å². The Bertz CT molecular complexity index is 447. The molecule has 0 aromatic heterocycles. The monoisotopic (exact) mass is 246 g/mol. The molecule has 1 saturated heterocycles. The van der Waals surface area contributed by atoms with E-state index in [0.29, 0.717) is 18.8 Å². The lowest BCUT2D eigenvalue weighted by Crippen LogP contribution is -2.29. The maximum absolute atomic E-state index is 12.5. The van der Waals surface area contributed by atoms with Crippen molar-refractivity contribution in [3.8, 4) is 5.75 Å². The molecule has 1 fully saturated rings. The Labute approximate surface area is 107 Å². The first kappa shape index (κ1) is 11.7. The number of benzene rings is 1. The van der Waals surface area contributed by atoms with Crippen LogP contribution >= 0.6 is 0 Å². The van der Waals surface area contributed by atoms with Crippen molar-refractivity contribution in [2.45, 2.75) is 38.2 Å². The predicted octanol–water partition coefficient (Wildman–Crippen LogP) is 2.76. The van der Waals surface area contributed by atoms with Crippen molar-refractivity contribution >= 4 is 5.78 Å². The summed E-state index contributed by atoms with van der Waals surface area (Å²) in [5.41, 5.74) is 1.86. The van der Waals surface area contributed by atoms with E-state index in [1.807, 2.05) is 18.2 Å². The molecule has 1 atom stereocenters. The Morgan fingerprint density at radius 1 is 1.17 bits per heavy atom. The van der Waals surface area contributed by atoms with Gasteiger partial charge in [0.05, 0.1) is 12.2 Å². The second-order valence-electron chi connectivity index (χ2n) is 4.97. The SMILES string of the molecule is O=C(c1cccc2c1OCCC2)C1CCCCO1. The van der Waals surface area contributed by atoms with Gasteiger partial charge in [0, 0.05) is 6.61 Å². The van der Waals surface area contributed by atoms with Crippen LogP contribution in [0, 0.1) is 0 Å². The van der Waals surface area contributed by atoms with Crippen LogP contribution in [0.2, 0.25) is 0 Å². The quantitative estimate of drug-likeness (QED) is 0.753. The molecule has 3 heteroatoms. The van der Waals surface area contributed by atoms with E-state index < -0.39 is 0 Å². The number of ketones is 1. The molecule has 0 aliphatic carbocycles. The number of hydrogen-bond acceptors (Lipinski definition) is 3. The lowest BCUT2D eigenvalue weighted by molar-refractivity contribution is 0.0184. The Hall–Kier alpha value is -1.35. The van der Waals surface area contributed by atoms with Gasteiger partial charge in [-0.2, -0.15) is 0 Å². The zero-order chi connectivity index (χ0) is 12.4. The van der Waals surface area contributed by atoms with Gasteiger partial charge in [-0.1, -0.05) is 12.1 Å². The number of carbonyl (C=O) groups is 1. The van der Waals surface area contributed by atoms with Crippen LogP contribution in [0.4, 0.5) is 0 Å². The summed E-state index contributed by atoms with van der Waals surface area (Å²) in [6.45, 7) is 1.41. The van der Waals surface area contributed by atoms with Crippen molar-refractivity contribution in [3.63, 3.8) is 0 Å². The topological polar surface area (TPSA) is 35.5 Å². The van der Waals surface area contributed by atoms with Crippen molar-refractivity contribution in [2.24, 2.45) is 0 Å². The predicted molar refractivity (Wildman–Crippen MR) is 68.2 cm³/mol. The average molecular weight is 246 g/mol. The Balaban J connectivity index is 1.89. The number of rotatable bonds is 2. The third kappa shape index (κ3) is 2.15. The number of Topliss-reactive ketones (excluding diaryl/α,β-unsaturated/α-hetero) is 1. The number of carbonyl (C=O) groups excluding carboxylic acids is 1. The second-order valence-corrected chi connectivity index (χ2v) is 4.97. The van der Waals surface area contributed by atoms with E-state index in [9.17, 15) is 4.79 Å². The van der Waals surface area contributed by atoms with E-state index in [1.165, 1.54) is 0 Å². The molecule has 0 bridgehead atoms. The summed E-state index contributed by atoms with van der Waals surface area (Å²) in [6.07, 6.45) is 4.74. The fourth-order valence-corrected chi connectivity index (χ4v) is 2.70. The fourth-order valence-electron chi connectivity index (χ4n) is 2.70. The first-order chi connectivity index (χ1) is 8.86. The molecule has 0 radical (unpaired) electrons. The largest absolute Gasteiger partial charge is 0.493 e. The molecular weight excluding hydrogens is 228 g/mol. The summed E-state index contributed by atoms with van der Waals surface area (Å²) in [7, 11) is 0. The minimum atomic E-state index is -0.268. The Morgan fingerprint density at radius 3 is 2.94 bits per heavy atom. The van der Waals surface area contributed by atoms with Gasteiger partial charge in [-0.3, -0.25) is 4.79 Å². The van der Waals surface area contributed by atoms with Gasteiger partial charge in [0.2, 0.25) is 0 Å². The molecule has 0 N–H and O–H groups in total. The molecule has 2 aliphatic heterocycles. The van der Waals surface area contributed by atoms with Gasteiger partial charge in [0.25, 0.3) is 0 Å². The van der Waals surface area contributed by atoms with E-state index >= 15 is 0 Å². The van der Waals surface area contributed by atoms with Gasteiger partial charge in [0.15, 0.2) is 5.78 Å². The molecule has 2 aliphatic rings. The summed E-state index contributed by atoms with van der Waals surface area (Å²) in [4.78, 5) is 12.5. The first-order valence-electron chi connectivity index (χ1n) is 6.77. The van der Waals surface area contributed by atoms with Crippen LogP contribution in [0.3, 0.4) is 0 Å². The normalized spacial score (nSPS) is 23.0. The maximum atomic E-state index is 12.5. The molecule has 1 unspecified atom stereocenters. The van der Waals surface area contributed by atoms with Crippen LogP contribution in [-0.4, -0.2) is 25.1 Å². The molecule has 3 rings (SSSR count). The van der Waals surface area contributed by atoms with Gasteiger partial charge in [-0.25, -0.2) is 0 Å². The standard InChI is InChI=1S/C15H18O3/c16-14(13-8-1-2-9-17-13)12-7-3-5-11-6-4-10-18-15(11)12/h3,5,7,13H,1-2,4,6,8-10H2. The number of ether oxygens (including phenoxy) is 2. The van der Waals surface area contributed by atoms with Crippen molar-refractivity contribution in [3.05, 3.63) is 29.3 Å². The molecule has 1 aromatic rings. The molecule has 96 valence electrons. The average Bonchev–Trinajstić information content (AvgIpc) is 2.47. The van der Waals surface area contributed by atoms with E-state index in [2.05, 4.69) is 0 Å². The molecule has 0 saturated carbocycles. The van der Waals surface area contributed by atoms with Crippen LogP contribution in [0.1, 0.15) is 41.6 Å². The molecule has 3 nitrogen and oxygen atoms in total. The van der Waals surface area contributed by atoms with Gasteiger partial charge in [0.1, 0.15) is 11.9 Å². The molecule has 18 heavy (non-hydrogen) atoms. The third-order valence-electron chi connectivity index (χ3n) is 3.67. The van der Waals surface area contributed by atoms with Gasteiger partial charge in [-0.15, -0.1) is 0 Å². The van der Waals surface area contributed by atoms with Crippen LogP contribution < -0.4 is 4.74 Å². The summed E-state index contributed by atoms with van der Waals surface area (Å²) in [6, 6.07) is 5.86. The smallest absolute Gasteiger partial charge is 0.195 e. The Kier molecular flexibility index (Phi) is 3.33. The summed E-state index contributed by atoms with van der Waals surface area (Å²) in [5.74, 6) is 0.886. The Morgan fingerprint density at radius 2 is 2.11 bits per heavy atom. The van der Waals surface area contributed by atoms with Gasteiger partial charge in [-0.05, 0) is 43.7 Å². The van der Waals surface area contributed by atoms with Crippen LogP contribution in [-0.2, 0) is 11.2 Å². The summed E-state index contributed by atoms with van der Waals surface area (Å²) in [5, 5.41) is 0. The number of fused-ring (bicyclic) bond motifs is 1. The number of hydrogen-bond donors (Lipinski definition) is 0.